The van der Waals surface area contributed by atoms with E-state index in [2.05, 4.69) is 20.9 Å². The zero-order valence-corrected chi connectivity index (χ0v) is 12.9. The van der Waals surface area contributed by atoms with Crippen LogP contribution >= 0.6 is 15.9 Å². The van der Waals surface area contributed by atoms with Gasteiger partial charge >= 0.3 is 5.97 Å². The molecule has 4 heteroatoms. The van der Waals surface area contributed by atoms with Crippen molar-refractivity contribution in [1.29, 1.82) is 0 Å². The SMILES string of the molecule is Cc1c(-c2ccc(Br)cc2)nc2ccccc2c1C(=O)O. The summed E-state index contributed by atoms with van der Waals surface area (Å²) in [6.45, 7) is 1.81. The first kappa shape index (κ1) is 13.8. The molecule has 1 heterocycles. The maximum atomic E-state index is 11.6. The average molecular weight is 342 g/mol. The van der Waals surface area contributed by atoms with Gasteiger partial charge in [0.15, 0.2) is 0 Å². The number of carboxylic acid groups (broad SMARTS) is 1. The fourth-order valence-electron chi connectivity index (χ4n) is 2.47. The Balaban J connectivity index is 2.36. The van der Waals surface area contributed by atoms with Gasteiger partial charge in [0.05, 0.1) is 16.8 Å². The Bertz CT molecular complexity index is 841. The summed E-state index contributed by atoms with van der Waals surface area (Å²) in [5.74, 6) is -0.926. The minimum Gasteiger partial charge on any atom is -0.478 e. The number of nitrogens with zero attached hydrogens (tertiary/aromatic N) is 1. The molecule has 0 saturated heterocycles. The van der Waals surface area contributed by atoms with E-state index in [4.69, 9.17) is 0 Å². The number of aromatic nitrogens is 1. The number of aromatic carboxylic acids is 1. The largest absolute Gasteiger partial charge is 0.478 e. The smallest absolute Gasteiger partial charge is 0.336 e. The summed E-state index contributed by atoms with van der Waals surface area (Å²) < 4.78 is 0.975. The van der Waals surface area contributed by atoms with Crippen molar-refractivity contribution in [3.05, 3.63) is 64.1 Å². The molecular weight excluding hydrogens is 330 g/mol. The van der Waals surface area contributed by atoms with Crippen LogP contribution in [0.2, 0.25) is 0 Å². The number of rotatable bonds is 2. The number of hydrogen-bond acceptors (Lipinski definition) is 2. The Morgan fingerprint density at radius 1 is 1.10 bits per heavy atom. The summed E-state index contributed by atoms with van der Waals surface area (Å²) in [5.41, 5.74) is 3.31. The molecule has 21 heavy (non-hydrogen) atoms. The maximum absolute atomic E-state index is 11.6. The van der Waals surface area contributed by atoms with Gasteiger partial charge in [-0.1, -0.05) is 46.3 Å². The molecule has 0 saturated carbocycles. The second kappa shape index (κ2) is 5.30. The van der Waals surface area contributed by atoms with Crippen molar-refractivity contribution in [2.24, 2.45) is 0 Å². The van der Waals surface area contributed by atoms with Gasteiger partial charge in [-0.3, -0.25) is 0 Å². The minimum atomic E-state index is -0.926. The molecule has 3 rings (SSSR count). The highest BCUT2D eigenvalue weighted by Gasteiger charge is 2.17. The third-order valence-electron chi connectivity index (χ3n) is 3.47. The van der Waals surface area contributed by atoms with E-state index in [0.717, 1.165) is 10.0 Å². The zero-order chi connectivity index (χ0) is 15.0. The molecule has 0 radical (unpaired) electrons. The van der Waals surface area contributed by atoms with Gasteiger partial charge in [0.1, 0.15) is 0 Å². The molecule has 104 valence electrons. The third-order valence-corrected chi connectivity index (χ3v) is 4.00. The van der Waals surface area contributed by atoms with E-state index in [1.807, 2.05) is 42.5 Å². The second-order valence-corrected chi connectivity index (χ2v) is 5.71. The minimum absolute atomic E-state index is 0.318. The van der Waals surface area contributed by atoms with E-state index in [1.165, 1.54) is 0 Å². The molecule has 0 aliphatic rings. The van der Waals surface area contributed by atoms with Crippen molar-refractivity contribution in [2.75, 3.05) is 0 Å². The van der Waals surface area contributed by atoms with Crippen LogP contribution in [0.5, 0.6) is 0 Å². The van der Waals surface area contributed by atoms with Gasteiger partial charge in [0, 0.05) is 15.4 Å². The summed E-state index contributed by atoms with van der Waals surface area (Å²) in [6.07, 6.45) is 0. The standard InChI is InChI=1S/C17H12BrNO2/c1-10-15(17(20)21)13-4-2-3-5-14(13)19-16(10)11-6-8-12(18)9-7-11/h2-9H,1H3,(H,20,21). The van der Waals surface area contributed by atoms with Crippen LogP contribution in [0.15, 0.2) is 53.0 Å². The molecule has 1 aromatic heterocycles. The summed E-state index contributed by atoms with van der Waals surface area (Å²) in [6, 6.07) is 15.0. The number of halogens is 1. The lowest BCUT2D eigenvalue weighted by Gasteiger charge is -2.12. The molecule has 3 aromatic rings. The molecular formula is C17H12BrNO2. The summed E-state index contributed by atoms with van der Waals surface area (Å²) in [7, 11) is 0. The average Bonchev–Trinajstić information content (AvgIpc) is 2.47. The van der Waals surface area contributed by atoms with Gasteiger partial charge in [-0.2, -0.15) is 0 Å². The molecule has 0 aliphatic heterocycles. The van der Waals surface area contributed by atoms with Crippen molar-refractivity contribution < 1.29 is 9.90 Å². The highest BCUT2D eigenvalue weighted by Crippen LogP contribution is 2.30. The third kappa shape index (κ3) is 2.43. The van der Waals surface area contributed by atoms with Crippen LogP contribution in [0.3, 0.4) is 0 Å². The van der Waals surface area contributed by atoms with Crippen LogP contribution in [0.1, 0.15) is 15.9 Å². The first-order valence-electron chi connectivity index (χ1n) is 6.46. The number of pyridine rings is 1. The highest BCUT2D eigenvalue weighted by molar-refractivity contribution is 9.10. The Labute approximate surface area is 130 Å². The lowest BCUT2D eigenvalue weighted by atomic mass is 9.98. The number of carbonyl (C=O) groups is 1. The van der Waals surface area contributed by atoms with Crippen molar-refractivity contribution in [3.8, 4) is 11.3 Å². The van der Waals surface area contributed by atoms with Crippen LogP contribution in [-0.2, 0) is 0 Å². The number of para-hydroxylation sites is 1. The van der Waals surface area contributed by atoms with Crippen molar-refractivity contribution in [3.63, 3.8) is 0 Å². The normalized spacial score (nSPS) is 10.8. The second-order valence-electron chi connectivity index (χ2n) is 4.79. The topological polar surface area (TPSA) is 50.2 Å². The van der Waals surface area contributed by atoms with Crippen LogP contribution in [-0.4, -0.2) is 16.1 Å². The van der Waals surface area contributed by atoms with Gasteiger partial charge in [-0.15, -0.1) is 0 Å². The molecule has 0 aliphatic carbocycles. The maximum Gasteiger partial charge on any atom is 0.336 e. The van der Waals surface area contributed by atoms with Crippen molar-refractivity contribution in [2.45, 2.75) is 6.92 Å². The molecule has 2 aromatic carbocycles. The van der Waals surface area contributed by atoms with E-state index >= 15 is 0 Å². The van der Waals surface area contributed by atoms with Crippen LogP contribution < -0.4 is 0 Å². The lowest BCUT2D eigenvalue weighted by Crippen LogP contribution is -2.04. The number of hydrogen-bond donors (Lipinski definition) is 1. The Hall–Kier alpha value is -2.20. The molecule has 0 atom stereocenters. The van der Waals surface area contributed by atoms with Gasteiger partial charge < -0.3 is 5.11 Å². The molecule has 0 spiro atoms. The van der Waals surface area contributed by atoms with Gasteiger partial charge in [-0.25, -0.2) is 9.78 Å². The molecule has 1 N–H and O–H groups in total. The van der Waals surface area contributed by atoms with Gasteiger partial charge in [0.2, 0.25) is 0 Å². The lowest BCUT2D eigenvalue weighted by molar-refractivity contribution is 0.0698. The molecule has 0 bridgehead atoms. The summed E-state index contributed by atoms with van der Waals surface area (Å²) in [4.78, 5) is 16.3. The molecule has 0 unspecified atom stereocenters. The van der Waals surface area contributed by atoms with E-state index in [9.17, 15) is 9.90 Å². The summed E-state index contributed by atoms with van der Waals surface area (Å²) in [5, 5.41) is 10.2. The Kier molecular flexibility index (Phi) is 3.47. The van der Waals surface area contributed by atoms with Crippen LogP contribution in [0, 0.1) is 6.92 Å². The summed E-state index contributed by atoms with van der Waals surface area (Å²) >= 11 is 3.40. The van der Waals surface area contributed by atoms with E-state index < -0.39 is 5.97 Å². The molecule has 0 amide bonds. The van der Waals surface area contributed by atoms with E-state index in [0.29, 0.717) is 27.7 Å². The Morgan fingerprint density at radius 3 is 2.43 bits per heavy atom. The predicted octanol–water partition coefficient (Wildman–Crippen LogP) is 4.67. The number of fused-ring (bicyclic) bond motifs is 1. The van der Waals surface area contributed by atoms with E-state index in [-0.39, 0.29) is 0 Å². The first-order chi connectivity index (χ1) is 10.1. The number of carboxylic acids is 1. The van der Waals surface area contributed by atoms with Crippen molar-refractivity contribution >= 4 is 32.8 Å². The zero-order valence-electron chi connectivity index (χ0n) is 11.3. The Morgan fingerprint density at radius 2 is 1.76 bits per heavy atom. The first-order valence-corrected chi connectivity index (χ1v) is 7.26. The predicted molar refractivity (Wildman–Crippen MR) is 86.6 cm³/mol. The highest BCUT2D eigenvalue weighted by atomic mass is 79.9. The van der Waals surface area contributed by atoms with Crippen molar-refractivity contribution in [1.82, 2.24) is 4.98 Å². The van der Waals surface area contributed by atoms with Gasteiger partial charge in [0.25, 0.3) is 0 Å². The quantitative estimate of drug-likeness (QED) is 0.736. The van der Waals surface area contributed by atoms with Crippen LogP contribution in [0.4, 0.5) is 0 Å². The fraction of sp³-hybridized carbons (Fsp3) is 0.0588. The van der Waals surface area contributed by atoms with E-state index in [1.54, 1.807) is 13.0 Å². The molecule has 0 fully saturated rings. The van der Waals surface area contributed by atoms with Gasteiger partial charge in [-0.05, 0) is 30.7 Å². The van der Waals surface area contributed by atoms with Crippen LogP contribution in [0.25, 0.3) is 22.2 Å². The monoisotopic (exact) mass is 341 g/mol. The molecule has 3 nitrogen and oxygen atoms in total. The number of benzene rings is 2. The fourth-order valence-corrected chi connectivity index (χ4v) is 2.74.